The van der Waals surface area contributed by atoms with Gasteiger partial charge in [0, 0.05) is 12.1 Å². The van der Waals surface area contributed by atoms with E-state index in [9.17, 15) is 4.79 Å². The summed E-state index contributed by atoms with van der Waals surface area (Å²) in [6.07, 6.45) is 0. The minimum absolute atomic E-state index is 0.164. The maximum Gasteiger partial charge on any atom is 0.234 e. The van der Waals surface area contributed by atoms with Gasteiger partial charge in [-0.2, -0.15) is 0 Å². The number of anilines is 1. The third kappa shape index (κ3) is 4.55. The molecule has 0 unspecified atom stereocenters. The second-order valence-corrected chi connectivity index (χ2v) is 7.31. The highest BCUT2D eigenvalue weighted by atomic mass is 35.5. The molecule has 1 N–H and O–H groups in total. The van der Waals surface area contributed by atoms with E-state index in [0.29, 0.717) is 32.5 Å². The normalized spacial score (nSPS) is 10.7. The number of benzene rings is 2. The van der Waals surface area contributed by atoms with Crippen LogP contribution in [0.25, 0.3) is 11.4 Å². The summed E-state index contributed by atoms with van der Waals surface area (Å²) in [5.74, 6) is 1.33. The highest BCUT2D eigenvalue weighted by Gasteiger charge is 2.16. The van der Waals surface area contributed by atoms with Crippen molar-refractivity contribution in [2.75, 3.05) is 18.2 Å². The molecule has 0 spiro atoms. The molecule has 0 aliphatic carbocycles. The Morgan fingerprint density at radius 2 is 2.00 bits per heavy atom. The van der Waals surface area contributed by atoms with E-state index < -0.39 is 0 Å². The fraction of sp³-hybridized carbons (Fsp3) is 0.167. The van der Waals surface area contributed by atoms with Crippen LogP contribution in [-0.4, -0.2) is 33.5 Å². The Balaban J connectivity index is 1.68. The first-order chi connectivity index (χ1) is 13.0. The highest BCUT2D eigenvalue weighted by Crippen LogP contribution is 2.30. The summed E-state index contributed by atoms with van der Waals surface area (Å²) in [5, 5.41) is 12.7. The highest BCUT2D eigenvalue weighted by molar-refractivity contribution is 7.99. The van der Waals surface area contributed by atoms with Crippen LogP contribution >= 0.6 is 35.0 Å². The number of ether oxygens (including phenoxy) is 1. The van der Waals surface area contributed by atoms with Crippen molar-refractivity contribution < 1.29 is 9.53 Å². The standard InChI is InChI=1S/C18H16Cl2N4O2S/c1-24-17(12-5-3-4-6-15(12)26-2)22-23-18(24)27-10-16(25)21-14-8-7-11(19)9-13(14)20/h3-9H,10H2,1-2H3,(H,21,25). The molecule has 27 heavy (non-hydrogen) atoms. The average molecular weight is 423 g/mol. The SMILES string of the molecule is COc1ccccc1-c1nnc(SCC(=O)Nc2ccc(Cl)cc2Cl)n1C. The maximum atomic E-state index is 12.2. The lowest BCUT2D eigenvalue weighted by Gasteiger charge is -2.09. The van der Waals surface area contributed by atoms with Gasteiger partial charge in [0.15, 0.2) is 11.0 Å². The first-order valence-electron chi connectivity index (χ1n) is 7.90. The molecule has 0 radical (unpaired) electrons. The zero-order valence-electron chi connectivity index (χ0n) is 14.6. The molecular weight excluding hydrogens is 407 g/mol. The molecule has 0 atom stereocenters. The second-order valence-electron chi connectivity index (χ2n) is 5.53. The topological polar surface area (TPSA) is 69.0 Å². The number of nitrogens with one attached hydrogen (secondary N) is 1. The monoisotopic (exact) mass is 422 g/mol. The van der Waals surface area contributed by atoms with Gasteiger partial charge >= 0.3 is 0 Å². The predicted octanol–water partition coefficient (Wildman–Crippen LogP) is 4.53. The van der Waals surface area contributed by atoms with Crippen LogP contribution in [0.4, 0.5) is 5.69 Å². The van der Waals surface area contributed by atoms with E-state index in [2.05, 4.69) is 15.5 Å². The van der Waals surface area contributed by atoms with Gasteiger partial charge in [0.05, 0.1) is 29.1 Å². The van der Waals surface area contributed by atoms with E-state index in [4.69, 9.17) is 27.9 Å². The van der Waals surface area contributed by atoms with Gasteiger partial charge in [-0.25, -0.2) is 0 Å². The van der Waals surface area contributed by atoms with E-state index in [1.807, 2.05) is 35.9 Å². The molecule has 1 aromatic heterocycles. The van der Waals surface area contributed by atoms with Gasteiger partial charge in [-0.15, -0.1) is 10.2 Å². The summed E-state index contributed by atoms with van der Waals surface area (Å²) in [7, 11) is 3.45. The summed E-state index contributed by atoms with van der Waals surface area (Å²) < 4.78 is 7.20. The number of halogens is 2. The molecule has 3 rings (SSSR count). The minimum atomic E-state index is -0.203. The second kappa shape index (κ2) is 8.65. The van der Waals surface area contributed by atoms with E-state index in [0.717, 1.165) is 5.56 Å². The number of carbonyl (C=O) groups excluding carboxylic acids is 1. The molecule has 3 aromatic rings. The number of rotatable bonds is 6. The Hall–Kier alpha value is -2.22. The van der Waals surface area contributed by atoms with Crippen LogP contribution in [0.1, 0.15) is 0 Å². The molecular formula is C18H16Cl2N4O2S. The van der Waals surface area contributed by atoms with Crippen molar-refractivity contribution in [3.8, 4) is 17.1 Å². The molecule has 9 heteroatoms. The number of para-hydroxylation sites is 1. The van der Waals surface area contributed by atoms with Crippen molar-refractivity contribution in [2.24, 2.45) is 7.05 Å². The molecule has 0 bridgehead atoms. The van der Waals surface area contributed by atoms with Crippen LogP contribution in [0.3, 0.4) is 0 Å². The molecule has 0 fully saturated rings. The average Bonchev–Trinajstić information content (AvgIpc) is 3.02. The van der Waals surface area contributed by atoms with Crippen molar-refractivity contribution >= 4 is 46.6 Å². The molecule has 6 nitrogen and oxygen atoms in total. The Bertz CT molecular complexity index is 978. The Kier molecular flexibility index (Phi) is 6.26. The van der Waals surface area contributed by atoms with Crippen molar-refractivity contribution in [2.45, 2.75) is 5.16 Å². The van der Waals surface area contributed by atoms with Crippen LogP contribution in [0.5, 0.6) is 5.75 Å². The minimum Gasteiger partial charge on any atom is -0.496 e. The largest absolute Gasteiger partial charge is 0.496 e. The maximum absolute atomic E-state index is 12.2. The van der Waals surface area contributed by atoms with Gasteiger partial charge in [0.25, 0.3) is 0 Å². The number of aromatic nitrogens is 3. The van der Waals surface area contributed by atoms with Crippen molar-refractivity contribution in [3.63, 3.8) is 0 Å². The lowest BCUT2D eigenvalue weighted by atomic mass is 10.2. The van der Waals surface area contributed by atoms with E-state index >= 15 is 0 Å². The van der Waals surface area contributed by atoms with Crippen LogP contribution in [0, 0.1) is 0 Å². The summed E-state index contributed by atoms with van der Waals surface area (Å²) in [5.41, 5.74) is 1.35. The zero-order chi connectivity index (χ0) is 19.4. The molecule has 140 valence electrons. The van der Waals surface area contributed by atoms with Crippen molar-refractivity contribution in [1.29, 1.82) is 0 Å². The van der Waals surface area contributed by atoms with E-state index in [1.165, 1.54) is 11.8 Å². The molecule has 0 saturated carbocycles. The third-order valence-corrected chi connectivity index (χ3v) is 5.29. The van der Waals surface area contributed by atoms with Gasteiger partial charge in [0.2, 0.25) is 5.91 Å². The quantitative estimate of drug-likeness (QED) is 0.590. The zero-order valence-corrected chi connectivity index (χ0v) is 16.9. The van der Waals surface area contributed by atoms with Gasteiger partial charge < -0.3 is 14.6 Å². The Labute approximate surface area is 170 Å². The fourth-order valence-corrected chi connectivity index (χ4v) is 3.58. The summed E-state index contributed by atoms with van der Waals surface area (Å²) >= 11 is 13.2. The number of methoxy groups -OCH3 is 1. The number of nitrogens with zero attached hydrogens (tertiary/aromatic N) is 3. The van der Waals surface area contributed by atoms with Gasteiger partial charge in [-0.05, 0) is 30.3 Å². The van der Waals surface area contributed by atoms with Gasteiger partial charge in [0.1, 0.15) is 5.75 Å². The summed E-state index contributed by atoms with van der Waals surface area (Å²) in [4.78, 5) is 12.2. The molecule has 0 saturated heterocycles. The van der Waals surface area contributed by atoms with Crippen LogP contribution in [-0.2, 0) is 11.8 Å². The Morgan fingerprint density at radius 1 is 1.22 bits per heavy atom. The molecule has 1 amide bonds. The van der Waals surface area contributed by atoms with E-state index in [-0.39, 0.29) is 11.7 Å². The number of hydrogen-bond donors (Lipinski definition) is 1. The fourth-order valence-electron chi connectivity index (χ4n) is 2.41. The first kappa shape index (κ1) is 19.5. The summed E-state index contributed by atoms with van der Waals surface area (Å²) in [6.45, 7) is 0. The third-order valence-electron chi connectivity index (χ3n) is 3.72. The molecule has 0 aliphatic heterocycles. The van der Waals surface area contributed by atoms with Gasteiger partial charge in [-0.3, -0.25) is 4.79 Å². The van der Waals surface area contributed by atoms with Crippen LogP contribution < -0.4 is 10.1 Å². The lowest BCUT2D eigenvalue weighted by Crippen LogP contribution is -2.14. The lowest BCUT2D eigenvalue weighted by molar-refractivity contribution is -0.113. The number of hydrogen-bond acceptors (Lipinski definition) is 5. The smallest absolute Gasteiger partial charge is 0.234 e. The van der Waals surface area contributed by atoms with Gasteiger partial charge in [-0.1, -0.05) is 47.1 Å². The van der Waals surface area contributed by atoms with Crippen LogP contribution in [0.2, 0.25) is 10.0 Å². The number of amides is 1. The van der Waals surface area contributed by atoms with E-state index in [1.54, 1.807) is 25.3 Å². The molecule has 0 aliphatic rings. The number of carbonyl (C=O) groups is 1. The number of thioether (sulfide) groups is 1. The van der Waals surface area contributed by atoms with Crippen molar-refractivity contribution in [1.82, 2.24) is 14.8 Å². The molecule has 2 aromatic carbocycles. The predicted molar refractivity (Wildman–Crippen MR) is 109 cm³/mol. The summed E-state index contributed by atoms with van der Waals surface area (Å²) in [6, 6.07) is 12.5. The Morgan fingerprint density at radius 3 is 2.74 bits per heavy atom. The van der Waals surface area contributed by atoms with Crippen LogP contribution in [0.15, 0.2) is 47.6 Å². The molecule has 1 heterocycles. The van der Waals surface area contributed by atoms with Crippen molar-refractivity contribution in [3.05, 3.63) is 52.5 Å². The first-order valence-corrected chi connectivity index (χ1v) is 9.64.